The Morgan fingerprint density at radius 1 is 0.828 bits per heavy atom. The van der Waals surface area contributed by atoms with Crippen molar-refractivity contribution in [2.75, 3.05) is 0 Å². The second kappa shape index (κ2) is 9.92. The lowest BCUT2D eigenvalue weighted by atomic mass is 10.1. The molecular weight excluding hydrogens is 407 g/mol. The third-order valence-electron chi connectivity index (χ3n) is 4.11. The molecule has 0 bridgehead atoms. The summed E-state index contributed by atoms with van der Waals surface area (Å²) in [5.41, 5.74) is 2.08. The maximum Gasteiger partial charge on any atom is 0.268 e. The smallest absolute Gasteiger partial charge is 0.268 e. The molecule has 0 aliphatic carbocycles. The van der Waals surface area contributed by atoms with Gasteiger partial charge < -0.3 is 10.6 Å². The largest absolute Gasteiger partial charge is 0.347 e. The van der Waals surface area contributed by atoms with Crippen molar-refractivity contribution in [2.45, 2.75) is 6.54 Å². The van der Waals surface area contributed by atoms with Crippen molar-refractivity contribution in [1.82, 2.24) is 10.6 Å². The van der Waals surface area contributed by atoms with Crippen LogP contribution in [-0.2, 0) is 11.3 Å². The summed E-state index contributed by atoms with van der Waals surface area (Å²) in [4.78, 5) is 25.4. The third kappa shape index (κ3) is 5.95. The van der Waals surface area contributed by atoms with E-state index in [2.05, 4.69) is 10.6 Å². The lowest BCUT2D eigenvalue weighted by molar-refractivity contribution is -0.117. The van der Waals surface area contributed by atoms with Crippen LogP contribution in [0.5, 0.6) is 0 Å². The fourth-order valence-electron chi connectivity index (χ4n) is 2.58. The van der Waals surface area contributed by atoms with Crippen LogP contribution in [0.15, 0.2) is 84.6 Å². The van der Waals surface area contributed by atoms with Gasteiger partial charge in [-0.05, 0) is 47.5 Å². The molecule has 3 aromatic rings. The first-order valence-corrected chi connectivity index (χ1v) is 9.64. The highest BCUT2D eigenvalue weighted by atomic mass is 35.5. The second-order valence-corrected chi connectivity index (χ2v) is 7.05. The Labute approximate surface area is 179 Å². The molecule has 0 atom stereocenters. The zero-order valence-electron chi connectivity index (χ0n) is 15.4. The van der Waals surface area contributed by atoms with Crippen molar-refractivity contribution in [3.63, 3.8) is 0 Å². The van der Waals surface area contributed by atoms with E-state index >= 15 is 0 Å². The minimum Gasteiger partial charge on any atom is -0.347 e. The van der Waals surface area contributed by atoms with Gasteiger partial charge in [0.25, 0.3) is 11.8 Å². The van der Waals surface area contributed by atoms with E-state index in [9.17, 15) is 9.59 Å². The molecule has 29 heavy (non-hydrogen) atoms. The molecule has 6 heteroatoms. The Morgan fingerprint density at radius 2 is 1.48 bits per heavy atom. The topological polar surface area (TPSA) is 58.2 Å². The molecule has 0 heterocycles. The van der Waals surface area contributed by atoms with Crippen molar-refractivity contribution in [1.29, 1.82) is 0 Å². The quantitative estimate of drug-likeness (QED) is 0.541. The molecule has 0 aliphatic rings. The lowest BCUT2D eigenvalue weighted by Gasteiger charge is -2.12. The number of benzene rings is 3. The Balaban J connectivity index is 1.81. The first kappa shape index (κ1) is 20.6. The highest BCUT2D eigenvalue weighted by molar-refractivity contribution is 6.31. The third-order valence-corrected chi connectivity index (χ3v) is 4.73. The highest BCUT2D eigenvalue weighted by Gasteiger charge is 2.15. The molecule has 4 nitrogen and oxygen atoms in total. The highest BCUT2D eigenvalue weighted by Crippen LogP contribution is 2.15. The standard InChI is InChI=1S/C23H18Cl2N2O2/c24-19-12-10-16(11-13-19)14-21(27-22(28)17-6-2-1-3-7-17)23(29)26-15-18-8-4-5-9-20(18)25/h1-14H,15H2,(H,26,29)(H,27,28). The summed E-state index contributed by atoms with van der Waals surface area (Å²) in [6, 6.07) is 22.9. The maximum absolute atomic E-state index is 12.8. The summed E-state index contributed by atoms with van der Waals surface area (Å²) in [7, 11) is 0. The first-order chi connectivity index (χ1) is 14.0. The molecule has 0 aliphatic heterocycles. The van der Waals surface area contributed by atoms with E-state index in [1.54, 1.807) is 60.7 Å². The van der Waals surface area contributed by atoms with Crippen molar-refractivity contribution in [3.8, 4) is 0 Å². The first-order valence-electron chi connectivity index (χ1n) is 8.88. The number of halogens is 2. The number of rotatable bonds is 6. The fraction of sp³-hybridized carbons (Fsp3) is 0.0435. The van der Waals surface area contributed by atoms with E-state index in [-0.39, 0.29) is 18.1 Å². The van der Waals surface area contributed by atoms with Crippen molar-refractivity contribution >= 4 is 41.1 Å². The zero-order valence-corrected chi connectivity index (χ0v) is 16.9. The van der Waals surface area contributed by atoms with Crippen LogP contribution >= 0.6 is 23.2 Å². The van der Waals surface area contributed by atoms with Crippen LogP contribution in [0.4, 0.5) is 0 Å². The fourth-order valence-corrected chi connectivity index (χ4v) is 2.91. The van der Waals surface area contributed by atoms with Crippen LogP contribution in [0, 0.1) is 0 Å². The van der Waals surface area contributed by atoms with Crippen LogP contribution < -0.4 is 10.6 Å². The number of hydrogen-bond donors (Lipinski definition) is 2. The van der Waals surface area contributed by atoms with Crippen LogP contribution in [0.3, 0.4) is 0 Å². The monoisotopic (exact) mass is 424 g/mol. The molecule has 0 saturated heterocycles. The van der Waals surface area contributed by atoms with Gasteiger partial charge in [-0.3, -0.25) is 9.59 Å². The number of nitrogens with one attached hydrogen (secondary N) is 2. The van der Waals surface area contributed by atoms with Gasteiger partial charge in [0, 0.05) is 22.2 Å². The molecular formula is C23H18Cl2N2O2. The molecule has 3 aromatic carbocycles. The Morgan fingerprint density at radius 3 is 2.17 bits per heavy atom. The predicted molar refractivity (Wildman–Crippen MR) is 117 cm³/mol. The normalized spacial score (nSPS) is 11.0. The molecule has 0 radical (unpaired) electrons. The average molecular weight is 425 g/mol. The van der Waals surface area contributed by atoms with Gasteiger partial charge in [-0.2, -0.15) is 0 Å². The van der Waals surface area contributed by atoms with Crippen molar-refractivity contribution in [2.24, 2.45) is 0 Å². The van der Waals surface area contributed by atoms with Gasteiger partial charge in [-0.1, -0.05) is 71.7 Å². The minimum absolute atomic E-state index is 0.119. The van der Waals surface area contributed by atoms with Crippen LogP contribution in [-0.4, -0.2) is 11.8 Å². The van der Waals surface area contributed by atoms with Crippen molar-refractivity contribution < 1.29 is 9.59 Å². The molecule has 0 saturated carbocycles. The number of carbonyl (C=O) groups is 2. The molecule has 3 rings (SSSR count). The Hall–Kier alpha value is -3.08. The summed E-state index contributed by atoms with van der Waals surface area (Å²) >= 11 is 12.1. The average Bonchev–Trinajstić information content (AvgIpc) is 2.74. The van der Waals surface area contributed by atoms with Gasteiger partial charge in [0.05, 0.1) is 0 Å². The molecule has 0 fully saturated rings. The van der Waals surface area contributed by atoms with Gasteiger partial charge in [0.1, 0.15) is 5.70 Å². The summed E-state index contributed by atoms with van der Waals surface area (Å²) < 4.78 is 0. The summed E-state index contributed by atoms with van der Waals surface area (Å²) in [5.74, 6) is -0.803. The predicted octanol–water partition coefficient (Wildman–Crippen LogP) is 5.08. The lowest BCUT2D eigenvalue weighted by Crippen LogP contribution is -2.34. The van der Waals surface area contributed by atoms with E-state index in [4.69, 9.17) is 23.2 Å². The van der Waals surface area contributed by atoms with Crippen LogP contribution in [0.2, 0.25) is 10.0 Å². The molecule has 146 valence electrons. The Kier molecular flexibility index (Phi) is 7.06. The Bertz CT molecular complexity index is 1030. The maximum atomic E-state index is 12.8. The number of hydrogen-bond acceptors (Lipinski definition) is 2. The summed E-state index contributed by atoms with van der Waals surface area (Å²) in [6.07, 6.45) is 1.60. The van der Waals surface area contributed by atoms with Gasteiger partial charge in [-0.15, -0.1) is 0 Å². The number of carbonyl (C=O) groups excluding carboxylic acids is 2. The SMILES string of the molecule is O=C(NCc1ccccc1Cl)C(=Cc1ccc(Cl)cc1)NC(=O)c1ccccc1. The van der Waals surface area contributed by atoms with Gasteiger partial charge in [0.15, 0.2) is 0 Å². The second-order valence-electron chi connectivity index (χ2n) is 6.20. The van der Waals surface area contributed by atoms with E-state index in [0.717, 1.165) is 11.1 Å². The van der Waals surface area contributed by atoms with Crippen LogP contribution in [0.1, 0.15) is 21.5 Å². The minimum atomic E-state index is -0.427. The summed E-state index contributed by atoms with van der Waals surface area (Å²) in [6.45, 7) is 0.234. The zero-order chi connectivity index (χ0) is 20.6. The molecule has 2 amide bonds. The van der Waals surface area contributed by atoms with E-state index in [1.807, 2.05) is 24.3 Å². The van der Waals surface area contributed by atoms with Gasteiger partial charge in [0.2, 0.25) is 0 Å². The number of amides is 2. The molecule has 0 spiro atoms. The van der Waals surface area contributed by atoms with Gasteiger partial charge >= 0.3 is 0 Å². The van der Waals surface area contributed by atoms with Gasteiger partial charge in [-0.25, -0.2) is 0 Å². The van der Waals surface area contributed by atoms with E-state index < -0.39 is 5.91 Å². The van der Waals surface area contributed by atoms with E-state index in [0.29, 0.717) is 15.6 Å². The molecule has 2 N–H and O–H groups in total. The van der Waals surface area contributed by atoms with Crippen LogP contribution in [0.25, 0.3) is 6.08 Å². The molecule has 0 unspecified atom stereocenters. The van der Waals surface area contributed by atoms with Crippen molar-refractivity contribution in [3.05, 3.63) is 111 Å². The summed E-state index contributed by atoms with van der Waals surface area (Å²) in [5, 5.41) is 6.63. The molecule has 0 aromatic heterocycles. The van der Waals surface area contributed by atoms with E-state index in [1.165, 1.54) is 0 Å².